The third kappa shape index (κ3) is 2.09. The number of hydrogen-bond acceptors (Lipinski definition) is 4. The summed E-state index contributed by atoms with van der Waals surface area (Å²) in [5, 5.41) is 10.9. The number of nitro groups is 1. The fourth-order valence-corrected chi connectivity index (χ4v) is 3.31. The Labute approximate surface area is 139 Å². The van der Waals surface area contributed by atoms with Crippen molar-refractivity contribution in [3.05, 3.63) is 75.9 Å². The lowest BCUT2D eigenvalue weighted by Gasteiger charge is -2.45. The maximum absolute atomic E-state index is 10.9. The van der Waals surface area contributed by atoms with Gasteiger partial charge in [0.2, 0.25) is 5.72 Å². The molecule has 0 radical (unpaired) electrons. The lowest BCUT2D eigenvalue weighted by atomic mass is 9.96. The molecule has 0 saturated carbocycles. The van der Waals surface area contributed by atoms with Gasteiger partial charge < -0.3 is 9.64 Å². The second-order valence-corrected chi connectivity index (χ2v) is 5.80. The van der Waals surface area contributed by atoms with Crippen LogP contribution in [0.4, 0.5) is 11.4 Å². The maximum atomic E-state index is 10.9. The van der Waals surface area contributed by atoms with Gasteiger partial charge in [0, 0.05) is 29.9 Å². The van der Waals surface area contributed by atoms with Gasteiger partial charge in [0.15, 0.2) is 0 Å². The zero-order chi connectivity index (χ0) is 16.7. The zero-order valence-corrected chi connectivity index (χ0v) is 13.2. The Kier molecular flexibility index (Phi) is 3.16. The molecule has 0 aliphatic carbocycles. The molecule has 1 unspecified atom stereocenters. The first-order valence-corrected chi connectivity index (χ1v) is 7.85. The summed E-state index contributed by atoms with van der Waals surface area (Å²) in [7, 11) is 0. The summed E-state index contributed by atoms with van der Waals surface area (Å²) < 4.78 is 6.29. The molecule has 24 heavy (non-hydrogen) atoms. The van der Waals surface area contributed by atoms with E-state index in [-0.39, 0.29) is 5.69 Å². The summed E-state index contributed by atoms with van der Waals surface area (Å²) in [5.41, 5.74) is 2.34. The van der Waals surface area contributed by atoms with Crippen molar-refractivity contribution >= 4 is 23.5 Å². The van der Waals surface area contributed by atoms with Gasteiger partial charge in [-0.1, -0.05) is 24.3 Å². The highest BCUT2D eigenvalue weighted by Gasteiger charge is 2.39. The highest BCUT2D eigenvalue weighted by atomic mass is 16.6. The Hall–Kier alpha value is -3.08. The molecular formula is C19H16N2O3. The predicted octanol–water partition coefficient (Wildman–Crippen LogP) is 4.25. The van der Waals surface area contributed by atoms with Gasteiger partial charge in [0.05, 0.1) is 4.92 Å². The number of para-hydroxylation sites is 1. The van der Waals surface area contributed by atoms with E-state index < -0.39 is 10.6 Å². The van der Waals surface area contributed by atoms with Gasteiger partial charge in [-0.15, -0.1) is 0 Å². The SMILES string of the molecule is CCN1c2ccccc2C=CC12C=Cc1cc([N+](=O)[O-])ccc1O2. The van der Waals surface area contributed by atoms with Gasteiger partial charge in [-0.25, -0.2) is 0 Å². The van der Waals surface area contributed by atoms with Crippen molar-refractivity contribution in [2.75, 3.05) is 11.4 Å². The second kappa shape index (κ2) is 5.23. The van der Waals surface area contributed by atoms with Crippen LogP contribution in [0.5, 0.6) is 5.75 Å². The summed E-state index contributed by atoms with van der Waals surface area (Å²) in [6.07, 6.45) is 7.93. The van der Waals surface area contributed by atoms with Crippen molar-refractivity contribution in [3.8, 4) is 5.75 Å². The van der Waals surface area contributed by atoms with Gasteiger partial charge in [0.25, 0.3) is 5.69 Å². The van der Waals surface area contributed by atoms with Gasteiger partial charge in [-0.3, -0.25) is 10.1 Å². The van der Waals surface area contributed by atoms with Gasteiger partial charge in [-0.05, 0) is 42.8 Å². The zero-order valence-electron chi connectivity index (χ0n) is 13.2. The first-order chi connectivity index (χ1) is 11.6. The second-order valence-electron chi connectivity index (χ2n) is 5.80. The van der Waals surface area contributed by atoms with E-state index in [1.165, 1.54) is 12.1 Å². The summed E-state index contributed by atoms with van der Waals surface area (Å²) in [6, 6.07) is 12.9. The van der Waals surface area contributed by atoms with Crippen molar-refractivity contribution < 1.29 is 9.66 Å². The molecule has 4 rings (SSSR count). The van der Waals surface area contributed by atoms with Gasteiger partial charge in [0.1, 0.15) is 5.75 Å². The van der Waals surface area contributed by atoms with Gasteiger partial charge in [-0.2, -0.15) is 0 Å². The normalized spacial score (nSPS) is 20.5. The van der Waals surface area contributed by atoms with Crippen LogP contribution in [0.2, 0.25) is 0 Å². The number of rotatable bonds is 2. The molecule has 1 spiro atoms. The molecular weight excluding hydrogens is 304 g/mol. The summed E-state index contributed by atoms with van der Waals surface area (Å²) in [5.74, 6) is 0.644. The predicted molar refractivity (Wildman–Crippen MR) is 94.0 cm³/mol. The Morgan fingerprint density at radius 2 is 1.88 bits per heavy atom. The smallest absolute Gasteiger partial charge is 0.270 e. The van der Waals surface area contributed by atoms with Crippen molar-refractivity contribution in [1.29, 1.82) is 0 Å². The molecule has 2 aromatic rings. The number of fused-ring (bicyclic) bond motifs is 2. The first kappa shape index (κ1) is 14.5. The monoisotopic (exact) mass is 320 g/mol. The Morgan fingerprint density at radius 1 is 1.12 bits per heavy atom. The highest BCUT2D eigenvalue weighted by molar-refractivity contribution is 5.77. The highest BCUT2D eigenvalue weighted by Crippen LogP contribution is 2.41. The van der Waals surface area contributed by atoms with Crippen molar-refractivity contribution in [1.82, 2.24) is 0 Å². The van der Waals surface area contributed by atoms with Crippen LogP contribution in [0, 0.1) is 10.1 Å². The average Bonchev–Trinajstić information content (AvgIpc) is 2.61. The van der Waals surface area contributed by atoms with Crippen LogP contribution in [0.3, 0.4) is 0 Å². The van der Waals surface area contributed by atoms with Crippen molar-refractivity contribution in [2.24, 2.45) is 0 Å². The number of nitro benzene ring substituents is 1. The topological polar surface area (TPSA) is 55.6 Å². The minimum Gasteiger partial charge on any atom is -0.460 e. The third-order valence-corrected chi connectivity index (χ3v) is 4.45. The van der Waals surface area contributed by atoms with Crippen LogP contribution in [0.1, 0.15) is 18.1 Å². The lowest BCUT2D eigenvalue weighted by Crippen LogP contribution is -2.53. The minimum atomic E-state index is -0.702. The Bertz CT molecular complexity index is 888. The molecule has 0 aromatic heterocycles. The quantitative estimate of drug-likeness (QED) is 0.613. The van der Waals surface area contributed by atoms with Crippen LogP contribution in [-0.4, -0.2) is 17.2 Å². The van der Waals surface area contributed by atoms with E-state index in [0.717, 1.165) is 23.4 Å². The van der Waals surface area contributed by atoms with Crippen LogP contribution >= 0.6 is 0 Å². The van der Waals surface area contributed by atoms with E-state index in [9.17, 15) is 10.1 Å². The largest absolute Gasteiger partial charge is 0.460 e. The Balaban J connectivity index is 1.78. The summed E-state index contributed by atoms with van der Waals surface area (Å²) in [6.45, 7) is 2.86. The van der Waals surface area contributed by atoms with E-state index in [1.807, 2.05) is 30.4 Å². The van der Waals surface area contributed by atoms with Crippen molar-refractivity contribution in [2.45, 2.75) is 12.6 Å². The van der Waals surface area contributed by atoms with Crippen LogP contribution in [0.15, 0.2) is 54.6 Å². The van der Waals surface area contributed by atoms with Crippen LogP contribution in [0.25, 0.3) is 12.2 Å². The summed E-state index contributed by atoms with van der Waals surface area (Å²) >= 11 is 0. The number of hydrogen-bond donors (Lipinski definition) is 0. The number of anilines is 1. The first-order valence-electron chi connectivity index (χ1n) is 7.85. The van der Waals surface area contributed by atoms with E-state index >= 15 is 0 Å². The average molecular weight is 320 g/mol. The molecule has 120 valence electrons. The maximum Gasteiger partial charge on any atom is 0.270 e. The molecule has 2 aliphatic heterocycles. The molecule has 5 nitrogen and oxygen atoms in total. The molecule has 0 N–H and O–H groups in total. The minimum absolute atomic E-state index is 0.0647. The van der Waals surface area contributed by atoms with Gasteiger partial charge >= 0.3 is 0 Å². The number of likely N-dealkylation sites (N-methyl/N-ethyl adjacent to an activating group) is 1. The lowest BCUT2D eigenvalue weighted by molar-refractivity contribution is -0.384. The molecule has 1 atom stereocenters. The van der Waals surface area contributed by atoms with Crippen LogP contribution < -0.4 is 9.64 Å². The number of benzene rings is 2. The fourth-order valence-electron chi connectivity index (χ4n) is 3.31. The standard InChI is InChI=1S/C19H16N2O3/c1-2-20-17-6-4-3-5-14(17)9-11-19(20)12-10-15-13-16(21(22)23)7-8-18(15)24-19/h3-13H,2H2,1H3. The number of non-ortho nitro benzene ring substituents is 1. The van der Waals surface area contributed by atoms with E-state index in [4.69, 9.17) is 4.74 Å². The van der Waals surface area contributed by atoms with Crippen LogP contribution in [-0.2, 0) is 0 Å². The fraction of sp³-hybridized carbons (Fsp3) is 0.158. The van der Waals surface area contributed by atoms with E-state index in [0.29, 0.717) is 5.75 Å². The van der Waals surface area contributed by atoms with E-state index in [2.05, 4.69) is 30.0 Å². The summed E-state index contributed by atoms with van der Waals surface area (Å²) in [4.78, 5) is 12.7. The molecule has 5 heteroatoms. The molecule has 0 fully saturated rings. The van der Waals surface area contributed by atoms with E-state index in [1.54, 1.807) is 6.07 Å². The molecule has 2 heterocycles. The molecule has 0 amide bonds. The molecule has 0 bridgehead atoms. The Morgan fingerprint density at radius 3 is 2.62 bits per heavy atom. The molecule has 2 aromatic carbocycles. The molecule has 2 aliphatic rings. The molecule has 0 saturated heterocycles. The number of nitrogens with zero attached hydrogens (tertiary/aromatic N) is 2. The third-order valence-electron chi connectivity index (χ3n) is 4.45. The number of ether oxygens (including phenoxy) is 1. The van der Waals surface area contributed by atoms with Crippen molar-refractivity contribution in [3.63, 3.8) is 0 Å².